The van der Waals surface area contributed by atoms with Crippen molar-refractivity contribution in [1.29, 1.82) is 0 Å². The SMILES string of the molecule is CCC(C)C(C)N(CCC(=O)O)c1ccc(C)cc1. The largest absolute Gasteiger partial charge is 0.481 e. The van der Waals surface area contributed by atoms with Gasteiger partial charge in [0.15, 0.2) is 0 Å². The number of carbonyl (C=O) groups is 1. The van der Waals surface area contributed by atoms with Crippen molar-refractivity contribution in [2.75, 3.05) is 11.4 Å². The van der Waals surface area contributed by atoms with Gasteiger partial charge in [-0.1, -0.05) is 38.0 Å². The summed E-state index contributed by atoms with van der Waals surface area (Å²) in [6, 6.07) is 8.65. The molecule has 3 nitrogen and oxygen atoms in total. The first-order chi connectivity index (χ1) is 8.95. The van der Waals surface area contributed by atoms with E-state index in [1.54, 1.807) is 0 Å². The van der Waals surface area contributed by atoms with Crippen molar-refractivity contribution in [1.82, 2.24) is 0 Å². The van der Waals surface area contributed by atoms with Crippen LogP contribution in [0.3, 0.4) is 0 Å². The molecule has 1 rings (SSSR count). The number of aryl methyl sites for hydroxylation is 1. The lowest BCUT2D eigenvalue weighted by molar-refractivity contribution is -0.136. The number of carboxylic acid groups (broad SMARTS) is 1. The minimum atomic E-state index is -0.742. The van der Waals surface area contributed by atoms with E-state index in [0.717, 1.165) is 12.1 Å². The molecule has 0 amide bonds. The topological polar surface area (TPSA) is 40.5 Å². The molecule has 106 valence electrons. The minimum Gasteiger partial charge on any atom is -0.481 e. The lowest BCUT2D eigenvalue weighted by Crippen LogP contribution is -2.39. The molecular formula is C16H25NO2. The van der Waals surface area contributed by atoms with Crippen molar-refractivity contribution in [2.45, 2.75) is 46.6 Å². The highest BCUT2D eigenvalue weighted by atomic mass is 16.4. The first kappa shape index (κ1) is 15.5. The Morgan fingerprint density at radius 2 is 1.84 bits per heavy atom. The van der Waals surface area contributed by atoms with E-state index in [0.29, 0.717) is 18.5 Å². The van der Waals surface area contributed by atoms with Crippen LogP contribution in [0, 0.1) is 12.8 Å². The number of hydrogen-bond acceptors (Lipinski definition) is 2. The van der Waals surface area contributed by atoms with Crippen LogP contribution in [0.15, 0.2) is 24.3 Å². The quantitative estimate of drug-likeness (QED) is 0.815. The van der Waals surface area contributed by atoms with Gasteiger partial charge in [-0.25, -0.2) is 0 Å². The number of benzene rings is 1. The zero-order valence-electron chi connectivity index (χ0n) is 12.4. The van der Waals surface area contributed by atoms with E-state index < -0.39 is 5.97 Å². The van der Waals surface area contributed by atoms with Crippen LogP contribution >= 0.6 is 0 Å². The van der Waals surface area contributed by atoms with Crippen molar-refractivity contribution in [2.24, 2.45) is 5.92 Å². The Morgan fingerprint density at radius 3 is 2.32 bits per heavy atom. The molecule has 0 spiro atoms. The van der Waals surface area contributed by atoms with Crippen LogP contribution < -0.4 is 4.90 Å². The maximum absolute atomic E-state index is 10.8. The number of anilines is 1. The molecule has 0 aliphatic heterocycles. The summed E-state index contributed by atoms with van der Waals surface area (Å²) < 4.78 is 0. The number of aliphatic carboxylic acids is 1. The molecular weight excluding hydrogens is 238 g/mol. The first-order valence-electron chi connectivity index (χ1n) is 7.00. The maximum atomic E-state index is 10.8. The summed E-state index contributed by atoms with van der Waals surface area (Å²) in [5, 5.41) is 8.90. The normalized spacial score (nSPS) is 13.9. The molecule has 1 aromatic carbocycles. The molecule has 0 aliphatic carbocycles. The van der Waals surface area contributed by atoms with Gasteiger partial charge in [-0.15, -0.1) is 0 Å². The van der Waals surface area contributed by atoms with Gasteiger partial charge >= 0.3 is 5.97 Å². The molecule has 3 heteroatoms. The number of rotatable bonds is 7. The third-order valence-electron chi connectivity index (χ3n) is 3.89. The third-order valence-corrected chi connectivity index (χ3v) is 3.89. The second kappa shape index (κ2) is 7.17. The van der Waals surface area contributed by atoms with E-state index in [2.05, 4.69) is 56.9 Å². The average molecular weight is 263 g/mol. The van der Waals surface area contributed by atoms with Crippen molar-refractivity contribution in [3.63, 3.8) is 0 Å². The molecule has 2 atom stereocenters. The summed E-state index contributed by atoms with van der Waals surface area (Å²) in [4.78, 5) is 13.0. The summed E-state index contributed by atoms with van der Waals surface area (Å²) in [5.74, 6) is -0.205. The van der Waals surface area contributed by atoms with Crippen LogP contribution in [0.5, 0.6) is 0 Å². The van der Waals surface area contributed by atoms with Gasteiger partial charge in [0.25, 0.3) is 0 Å². The molecule has 0 heterocycles. The van der Waals surface area contributed by atoms with Gasteiger partial charge in [0.05, 0.1) is 6.42 Å². The zero-order valence-corrected chi connectivity index (χ0v) is 12.4. The summed E-state index contributed by atoms with van der Waals surface area (Å²) in [6.07, 6.45) is 1.27. The predicted octanol–water partition coefficient (Wildman–Crippen LogP) is 3.71. The van der Waals surface area contributed by atoms with Gasteiger partial charge in [0.2, 0.25) is 0 Å². The van der Waals surface area contributed by atoms with E-state index >= 15 is 0 Å². The average Bonchev–Trinajstić information content (AvgIpc) is 2.39. The first-order valence-corrected chi connectivity index (χ1v) is 7.00. The Labute approximate surface area is 116 Å². The number of nitrogens with zero attached hydrogens (tertiary/aromatic N) is 1. The molecule has 1 aromatic rings. The molecule has 0 aromatic heterocycles. The van der Waals surface area contributed by atoms with Gasteiger partial charge in [-0.05, 0) is 31.9 Å². The second-order valence-corrected chi connectivity index (χ2v) is 5.30. The van der Waals surface area contributed by atoms with Crippen LogP contribution in [-0.2, 0) is 4.79 Å². The van der Waals surface area contributed by atoms with Crippen molar-refractivity contribution in [3.05, 3.63) is 29.8 Å². The van der Waals surface area contributed by atoms with Gasteiger partial charge in [0, 0.05) is 18.3 Å². The standard InChI is InChI=1S/C16H25NO2/c1-5-13(3)14(4)17(11-10-16(18)19)15-8-6-12(2)7-9-15/h6-9,13-14H,5,10-11H2,1-4H3,(H,18,19). The van der Waals surface area contributed by atoms with Crippen molar-refractivity contribution in [3.8, 4) is 0 Å². The molecule has 19 heavy (non-hydrogen) atoms. The van der Waals surface area contributed by atoms with E-state index in [9.17, 15) is 4.79 Å². The second-order valence-electron chi connectivity index (χ2n) is 5.30. The van der Waals surface area contributed by atoms with Gasteiger partial charge in [0.1, 0.15) is 0 Å². The predicted molar refractivity (Wildman–Crippen MR) is 79.7 cm³/mol. The summed E-state index contributed by atoms with van der Waals surface area (Å²) in [5.41, 5.74) is 2.33. The zero-order chi connectivity index (χ0) is 14.4. The fraction of sp³-hybridized carbons (Fsp3) is 0.562. The Hall–Kier alpha value is -1.51. The van der Waals surface area contributed by atoms with E-state index in [4.69, 9.17) is 5.11 Å². The lowest BCUT2D eigenvalue weighted by Gasteiger charge is -2.34. The summed E-state index contributed by atoms with van der Waals surface area (Å²) in [7, 11) is 0. The summed E-state index contributed by atoms with van der Waals surface area (Å²) in [6.45, 7) is 9.18. The minimum absolute atomic E-state index is 0.175. The molecule has 0 saturated carbocycles. The summed E-state index contributed by atoms with van der Waals surface area (Å²) >= 11 is 0. The van der Waals surface area contributed by atoms with E-state index in [1.807, 2.05) is 0 Å². The fourth-order valence-electron chi connectivity index (χ4n) is 2.17. The van der Waals surface area contributed by atoms with Crippen LogP contribution in [0.4, 0.5) is 5.69 Å². The number of carboxylic acids is 1. The monoisotopic (exact) mass is 263 g/mol. The molecule has 0 bridgehead atoms. The highest BCUT2D eigenvalue weighted by Crippen LogP contribution is 2.23. The molecule has 0 saturated heterocycles. The Kier molecular flexibility index (Phi) is 5.87. The smallest absolute Gasteiger partial charge is 0.305 e. The Morgan fingerprint density at radius 1 is 1.26 bits per heavy atom. The van der Waals surface area contributed by atoms with Crippen LogP contribution in [0.25, 0.3) is 0 Å². The van der Waals surface area contributed by atoms with Crippen LogP contribution in [0.2, 0.25) is 0 Å². The van der Waals surface area contributed by atoms with Gasteiger partial charge in [-0.2, -0.15) is 0 Å². The molecule has 0 radical (unpaired) electrons. The third kappa shape index (κ3) is 4.58. The highest BCUT2D eigenvalue weighted by Gasteiger charge is 2.20. The number of hydrogen-bond donors (Lipinski definition) is 1. The Bertz CT molecular complexity index is 400. The molecule has 0 aliphatic rings. The van der Waals surface area contributed by atoms with Gasteiger partial charge in [-0.3, -0.25) is 4.79 Å². The van der Waals surface area contributed by atoms with Crippen molar-refractivity contribution >= 4 is 11.7 Å². The van der Waals surface area contributed by atoms with Gasteiger partial charge < -0.3 is 10.0 Å². The fourth-order valence-corrected chi connectivity index (χ4v) is 2.17. The van der Waals surface area contributed by atoms with Crippen LogP contribution in [-0.4, -0.2) is 23.7 Å². The molecule has 2 unspecified atom stereocenters. The lowest BCUT2D eigenvalue weighted by atomic mass is 9.98. The maximum Gasteiger partial charge on any atom is 0.305 e. The van der Waals surface area contributed by atoms with E-state index in [-0.39, 0.29) is 6.42 Å². The molecule has 1 N–H and O–H groups in total. The Balaban J connectivity index is 2.90. The van der Waals surface area contributed by atoms with Crippen LogP contribution in [0.1, 0.15) is 39.2 Å². The van der Waals surface area contributed by atoms with E-state index in [1.165, 1.54) is 5.56 Å². The molecule has 0 fully saturated rings. The van der Waals surface area contributed by atoms with Crippen molar-refractivity contribution < 1.29 is 9.90 Å². The highest BCUT2D eigenvalue weighted by molar-refractivity contribution is 5.67.